The fourth-order valence-electron chi connectivity index (χ4n) is 3.08. The van der Waals surface area contributed by atoms with Gasteiger partial charge in [0, 0.05) is 22.4 Å². The molecule has 0 aromatic heterocycles. The lowest BCUT2D eigenvalue weighted by Gasteiger charge is -2.29. The van der Waals surface area contributed by atoms with Gasteiger partial charge in [-0.05, 0) is 44.2 Å². The van der Waals surface area contributed by atoms with Gasteiger partial charge in [0.15, 0.2) is 5.78 Å². The molecule has 0 saturated carbocycles. The summed E-state index contributed by atoms with van der Waals surface area (Å²) < 4.78 is 25.2. The van der Waals surface area contributed by atoms with Gasteiger partial charge >= 0.3 is 7.60 Å². The Balaban J connectivity index is 2.07. The molecule has 3 aromatic carbocycles. The van der Waals surface area contributed by atoms with Crippen LogP contribution in [0.15, 0.2) is 84.9 Å². The van der Waals surface area contributed by atoms with E-state index in [0.29, 0.717) is 0 Å². The Bertz CT molecular complexity index is 1030. The standard InChI is InChI=1S/C25H26NO3P/c1-3-28-30(27,29-4-2)25(26-23-16-9-6-10-17-23)24-18-12-11-15-22(24)20-19-21-13-7-5-8-14-21/h5-18,25-26H,3-4H2,1-2H3. The van der Waals surface area contributed by atoms with Gasteiger partial charge in [-0.25, -0.2) is 0 Å². The van der Waals surface area contributed by atoms with Crippen molar-refractivity contribution in [2.45, 2.75) is 19.6 Å². The maximum Gasteiger partial charge on any atom is 0.357 e. The van der Waals surface area contributed by atoms with Crippen LogP contribution in [0.25, 0.3) is 0 Å². The third-order valence-electron chi connectivity index (χ3n) is 4.38. The van der Waals surface area contributed by atoms with Crippen molar-refractivity contribution in [1.82, 2.24) is 0 Å². The van der Waals surface area contributed by atoms with Gasteiger partial charge in [-0.1, -0.05) is 66.4 Å². The predicted molar refractivity (Wildman–Crippen MR) is 123 cm³/mol. The van der Waals surface area contributed by atoms with Crippen molar-refractivity contribution in [1.29, 1.82) is 0 Å². The number of benzene rings is 3. The summed E-state index contributed by atoms with van der Waals surface area (Å²) in [6.45, 7) is 4.18. The molecule has 0 bridgehead atoms. The molecular formula is C25H26NO3P. The Morgan fingerprint density at radius 2 is 1.37 bits per heavy atom. The van der Waals surface area contributed by atoms with Crippen molar-refractivity contribution < 1.29 is 13.6 Å². The Kier molecular flexibility index (Phi) is 7.88. The minimum atomic E-state index is -3.52. The largest absolute Gasteiger partial charge is 0.368 e. The Morgan fingerprint density at radius 1 is 0.800 bits per heavy atom. The highest BCUT2D eigenvalue weighted by molar-refractivity contribution is 7.54. The molecule has 0 fully saturated rings. The smallest absolute Gasteiger partial charge is 0.357 e. The molecule has 0 spiro atoms. The average Bonchev–Trinajstić information content (AvgIpc) is 2.78. The van der Waals surface area contributed by atoms with E-state index in [-0.39, 0.29) is 13.2 Å². The van der Waals surface area contributed by atoms with Crippen LogP contribution in [0.2, 0.25) is 0 Å². The summed E-state index contributed by atoms with van der Waals surface area (Å²) in [5.41, 5.74) is 3.29. The predicted octanol–water partition coefficient (Wildman–Crippen LogP) is 6.46. The molecule has 0 aliphatic carbocycles. The van der Waals surface area contributed by atoms with E-state index in [2.05, 4.69) is 17.2 Å². The second-order valence-corrected chi connectivity index (χ2v) is 8.60. The van der Waals surface area contributed by atoms with Gasteiger partial charge in [0.1, 0.15) is 0 Å². The van der Waals surface area contributed by atoms with Gasteiger partial charge in [-0.3, -0.25) is 4.57 Å². The molecule has 1 atom stereocenters. The number of rotatable bonds is 8. The number of anilines is 1. The van der Waals surface area contributed by atoms with Gasteiger partial charge in [-0.2, -0.15) is 0 Å². The molecule has 30 heavy (non-hydrogen) atoms. The molecular weight excluding hydrogens is 393 g/mol. The molecule has 3 rings (SSSR count). The van der Waals surface area contributed by atoms with E-state index in [1.54, 1.807) is 0 Å². The zero-order chi connectivity index (χ0) is 21.2. The number of nitrogens with one attached hydrogen (secondary N) is 1. The van der Waals surface area contributed by atoms with Crippen LogP contribution in [0.1, 0.15) is 36.3 Å². The van der Waals surface area contributed by atoms with Crippen LogP contribution in [0, 0.1) is 11.8 Å². The summed E-state index contributed by atoms with van der Waals surface area (Å²) in [7, 11) is -3.52. The maximum absolute atomic E-state index is 13.8. The van der Waals surface area contributed by atoms with Crippen molar-refractivity contribution in [3.05, 3.63) is 102 Å². The summed E-state index contributed by atoms with van der Waals surface area (Å²) in [6, 6.07) is 27.1. The quantitative estimate of drug-likeness (QED) is 0.336. The van der Waals surface area contributed by atoms with Gasteiger partial charge in [0.05, 0.1) is 13.2 Å². The number of para-hydroxylation sites is 1. The first-order valence-corrected chi connectivity index (χ1v) is 11.6. The van der Waals surface area contributed by atoms with Crippen molar-refractivity contribution in [2.75, 3.05) is 18.5 Å². The van der Waals surface area contributed by atoms with Gasteiger partial charge in [-0.15, -0.1) is 0 Å². The fourth-order valence-corrected chi connectivity index (χ4v) is 5.04. The topological polar surface area (TPSA) is 47.6 Å². The van der Waals surface area contributed by atoms with Gasteiger partial charge in [0.2, 0.25) is 0 Å². The highest BCUT2D eigenvalue weighted by atomic mass is 31.2. The third kappa shape index (κ3) is 5.62. The highest BCUT2D eigenvalue weighted by Gasteiger charge is 2.38. The second-order valence-electron chi connectivity index (χ2n) is 6.49. The third-order valence-corrected chi connectivity index (χ3v) is 6.66. The monoisotopic (exact) mass is 419 g/mol. The zero-order valence-corrected chi connectivity index (χ0v) is 18.1. The van der Waals surface area contributed by atoms with Gasteiger partial charge < -0.3 is 14.4 Å². The lowest BCUT2D eigenvalue weighted by Crippen LogP contribution is -2.16. The normalized spacial score (nSPS) is 11.9. The molecule has 0 radical (unpaired) electrons. The van der Waals surface area contributed by atoms with E-state index in [4.69, 9.17) is 9.05 Å². The summed E-state index contributed by atoms with van der Waals surface area (Å²) in [5, 5.41) is 3.36. The van der Waals surface area contributed by atoms with Crippen LogP contribution >= 0.6 is 7.60 Å². The first-order valence-electron chi connectivity index (χ1n) is 10.0. The molecule has 154 valence electrons. The summed E-state index contributed by atoms with van der Waals surface area (Å²) >= 11 is 0. The molecule has 0 saturated heterocycles. The molecule has 0 amide bonds. The Morgan fingerprint density at radius 3 is 2.00 bits per heavy atom. The van der Waals surface area contributed by atoms with Gasteiger partial charge in [0.25, 0.3) is 0 Å². The number of hydrogen-bond donors (Lipinski definition) is 1. The lowest BCUT2D eigenvalue weighted by molar-refractivity contribution is 0.214. The molecule has 3 aromatic rings. The molecule has 1 N–H and O–H groups in total. The minimum absolute atomic E-state index is 0.280. The van der Waals surface area contributed by atoms with Crippen LogP contribution in [0.3, 0.4) is 0 Å². The highest BCUT2D eigenvalue weighted by Crippen LogP contribution is 2.61. The average molecular weight is 419 g/mol. The van der Waals surface area contributed by atoms with Crippen LogP contribution in [0.5, 0.6) is 0 Å². The summed E-state index contributed by atoms with van der Waals surface area (Å²) in [5.74, 6) is 5.72. The lowest BCUT2D eigenvalue weighted by atomic mass is 10.1. The second kappa shape index (κ2) is 10.8. The van der Waals surface area contributed by atoms with Crippen molar-refractivity contribution in [3.8, 4) is 11.8 Å². The molecule has 4 nitrogen and oxygen atoms in total. The minimum Gasteiger partial charge on any atom is -0.368 e. The molecule has 1 unspecified atom stereocenters. The first kappa shape index (κ1) is 21.9. The van der Waals surface area contributed by atoms with E-state index < -0.39 is 13.4 Å². The van der Waals surface area contributed by atoms with E-state index in [1.165, 1.54) is 0 Å². The van der Waals surface area contributed by atoms with E-state index in [9.17, 15) is 4.57 Å². The van der Waals surface area contributed by atoms with Crippen molar-refractivity contribution in [3.63, 3.8) is 0 Å². The van der Waals surface area contributed by atoms with Crippen molar-refractivity contribution in [2.24, 2.45) is 0 Å². The molecule has 0 heterocycles. The molecule has 0 aliphatic heterocycles. The Hall–Kier alpha value is -2.83. The van der Waals surface area contributed by atoms with E-state index in [0.717, 1.165) is 22.4 Å². The van der Waals surface area contributed by atoms with E-state index in [1.807, 2.05) is 98.8 Å². The maximum atomic E-state index is 13.8. The van der Waals surface area contributed by atoms with Crippen LogP contribution in [0.4, 0.5) is 5.69 Å². The Labute approximate surface area is 178 Å². The summed E-state index contributed by atoms with van der Waals surface area (Å²) in [4.78, 5) is 0. The van der Waals surface area contributed by atoms with Crippen molar-refractivity contribution >= 4 is 13.3 Å². The van der Waals surface area contributed by atoms with Crippen LogP contribution < -0.4 is 5.32 Å². The fraction of sp³-hybridized carbons (Fsp3) is 0.200. The molecule has 5 heteroatoms. The van der Waals surface area contributed by atoms with Crippen LogP contribution in [-0.2, 0) is 13.6 Å². The number of hydrogen-bond acceptors (Lipinski definition) is 4. The van der Waals surface area contributed by atoms with Crippen LogP contribution in [-0.4, -0.2) is 13.2 Å². The summed E-state index contributed by atoms with van der Waals surface area (Å²) in [6.07, 6.45) is 0. The SMILES string of the molecule is CCOP(=O)(OCC)C(Nc1ccccc1)c1ccccc1C#Cc1ccccc1. The van der Waals surface area contributed by atoms with E-state index >= 15 is 0 Å². The molecule has 0 aliphatic rings. The first-order chi connectivity index (χ1) is 14.7. The zero-order valence-electron chi connectivity index (χ0n) is 17.2.